The van der Waals surface area contributed by atoms with E-state index in [1.165, 1.54) is 11.1 Å². The van der Waals surface area contributed by atoms with Crippen molar-refractivity contribution < 1.29 is 0 Å². The van der Waals surface area contributed by atoms with Crippen LogP contribution in [-0.2, 0) is 6.42 Å². The third-order valence-corrected chi connectivity index (χ3v) is 3.88. The maximum atomic E-state index is 6.35. The van der Waals surface area contributed by atoms with Gasteiger partial charge >= 0.3 is 0 Å². The lowest BCUT2D eigenvalue weighted by Crippen LogP contribution is -1.94. The molecule has 20 heavy (non-hydrogen) atoms. The Bertz CT molecular complexity index is 777. The summed E-state index contributed by atoms with van der Waals surface area (Å²) in [6, 6.07) is 16.9. The maximum Gasteiger partial charge on any atom is 0.133 e. The van der Waals surface area contributed by atoms with E-state index in [4.69, 9.17) is 11.6 Å². The molecular weight excluding hydrogens is 266 g/mol. The van der Waals surface area contributed by atoms with Crippen molar-refractivity contribution >= 4 is 22.5 Å². The Morgan fingerprint density at radius 2 is 1.80 bits per heavy atom. The Morgan fingerprint density at radius 3 is 2.60 bits per heavy atom. The lowest BCUT2D eigenvalue weighted by molar-refractivity contribution is 1.16. The normalized spacial score (nSPS) is 10.9. The number of aromatic nitrogens is 1. The van der Waals surface area contributed by atoms with Gasteiger partial charge in [0.2, 0.25) is 0 Å². The minimum atomic E-state index is 0.605. The lowest BCUT2D eigenvalue weighted by atomic mass is 10.0. The van der Waals surface area contributed by atoms with E-state index < -0.39 is 0 Å². The standard InChI is InChI=1S/C18H16ClN/c1-12-5-3-7-14(9-12)10-16-11-15-8-4-6-13(2)17(15)20-18(16)19/h3-9,11H,10H2,1-2H3. The summed E-state index contributed by atoms with van der Waals surface area (Å²) in [5.74, 6) is 0. The first-order valence-electron chi connectivity index (χ1n) is 6.74. The fraction of sp³-hybridized carbons (Fsp3) is 0.167. The highest BCUT2D eigenvalue weighted by Gasteiger charge is 2.07. The zero-order valence-electron chi connectivity index (χ0n) is 11.7. The molecule has 0 bridgehead atoms. The Morgan fingerprint density at radius 1 is 1.00 bits per heavy atom. The van der Waals surface area contributed by atoms with Crippen molar-refractivity contribution in [1.82, 2.24) is 4.98 Å². The molecule has 1 nitrogen and oxygen atoms in total. The number of fused-ring (bicyclic) bond motifs is 1. The van der Waals surface area contributed by atoms with Crippen molar-refractivity contribution in [3.63, 3.8) is 0 Å². The minimum absolute atomic E-state index is 0.605. The monoisotopic (exact) mass is 281 g/mol. The number of pyridine rings is 1. The molecular formula is C18H16ClN. The van der Waals surface area contributed by atoms with Crippen LogP contribution in [0.3, 0.4) is 0 Å². The molecule has 0 aliphatic rings. The van der Waals surface area contributed by atoms with Crippen molar-refractivity contribution in [3.05, 3.63) is 75.9 Å². The number of hydrogen-bond donors (Lipinski definition) is 0. The summed E-state index contributed by atoms with van der Waals surface area (Å²) < 4.78 is 0. The molecule has 0 saturated heterocycles. The highest BCUT2D eigenvalue weighted by Crippen LogP contribution is 2.25. The van der Waals surface area contributed by atoms with E-state index in [1.54, 1.807) is 0 Å². The van der Waals surface area contributed by atoms with Crippen LogP contribution < -0.4 is 0 Å². The first kappa shape index (κ1) is 13.1. The van der Waals surface area contributed by atoms with E-state index in [0.29, 0.717) is 5.15 Å². The van der Waals surface area contributed by atoms with Crippen molar-refractivity contribution in [2.24, 2.45) is 0 Å². The predicted octanol–water partition coefficient (Wildman–Crippen LogP) is 5.10. The molecule has 0 fully saturated rings. The molecule has 0 N–H and O–H groups in total. The van der Waals surface area contributed by atoms with Crippen LogP contribution in [0.5, 0.6) is 0 Å². The number of rotatable bonds is 2. The van der Waals surface area contributed by atoms with Gasteiger partial charge in [-0.05, 0) is 36.6 Å². The van der Waals surface area contributed by atoms with Crippen LogP contribution in [0, 0.1) is 13.8 Å². The Kier molecular flexibility index (Phi) is 3.45. The third kappa shape index (κ3) is 2.54. The van der Waals surface area contributed by atoms with Crippen molar-refractivity contribution in [1.29, 1.82) is 0 Å². The van der Waals surface area contributed by atoms with Gasteiger partial charge in [0, 0.05) is 11.8 Å². The van der Waals surface area contributed by atoms with Crippen LogP contribution in [0.25, 0.3) is 10.9 Å². The molecule has 100 valence electrons. The molecule has 0 aliphatic heterocycles. The lowest BCUT2D eigenvalue weighted by Gasteiger charge is -2.08. The SMILES string of the molecule is Cc1cccc(Cc2cc3cccc(C)c3nc2Cl)c1. The van der Waals surface area contributed by atoms with Gasteiger partial charge in [-0.2, -0.15) is 0 Å². The smallest absolute Gasteiger partial charge is 0.133 e. The number of aryl methyl sites for hydroxylation is 2. The first-order valence-corrected chi connectivity index (χ1v) is 7.11. The summed E-state index contributed by atoms with van der Waals surface area (Å²) in [7, 11) is 0. The van der Waals surface area contributed by atoms with Gasteiger partial charge in [-0.1, -0.05) is 59.6 Å². The van der Waals surface area contributed by atoms with Crippen LogP contribution in [0.15, 0.2) is 48.5 Å². The fourth-order valence-electron chi connectivity index (χ4n) is 2.53. The average molecular weight is 282 g/mol. The van der Waals surface area contributed by atoms with E-state index in [2.05, 4.69) is 67.4 Å². The van der Waals surface area contributed by atoms with Crippen molar-refractivity contribution in [3.8, 4) is 0 Å². The van der Waals surface area contributed by atoms with E-state index in [9.17, 15) is 0 Å². The summed E-state index contributed by atoms with van der Waals surface area (Å²) in [5, 5.41) is 1.75. The molecule has 3 aromatic rings. The molecule has 1 aromatic heterocycles. The van der Waals surface area contributed by atoms with Crippen LogP contribution in [-0.4, -0.2) is 4.98 Å². The van der Waals surface area contributed by atoms with Gasteiger partial charge in [-0.15, -0.1) is 0 Å². The van der Waals surface area contributed by atoms with Gasteiger partial charge in [0.25, 0.3) is 0 Å². The van der Waals surface area contributed by atoms with Gasteiger partial charge in [-0.3, -0.25) is 0 Å². The fourth-order valence-corrected chi connectivity index (χ4v) is 2.74. The molecule has 0 atom stereocenters. The van der Waals surface area contributed by atoms with E-state index in [1.807, 2.05) is 0 Å². The second-order valence-electron chi connectivity index (χ2n) is 5.25. The highest BCUT2D eigenvalue weighted by atomic mass is 35.5. The second-order valence-corrected chi connectivity index (χ2v) is 5.61. The van der Waals surface area contributed by atoms with Gasteiger partial charge in [0.1, 0.15) is 5.15 Å². The third-order valence-electron chi connectivity index (χ3n) is 3.55. The van der Waals surface area contributed by atoms with Gasteiger partial charge < -0.3 is 0 Å². The molecule has 0 amide bonds. The molecule has 0 saturated carbocycles. The first-order chi connectivity index (χ1) is 9.63. The van der Waals surface area contributed by atoms with Crippen LogP contribution in [0.4, 0.5) is 0 Å². The Balaban J connectivity index is 2.06. The number of benzene rings is 2. The van der Waals surface area contributed by atoms with E-state index >= 15 is 0 Å². The maximum absolute atomic E-state index is 6.35. The Hall–Kier alpha value is -1.86. The Labute approximate surface area is 124 Å². The quantitative estimate of drug-likeness (QED) is 0.596. The van der Waals surface area contributed by atoms with Gasteiger partial charge in [0.05, 0.1) is 5.52 Å². The van der Waals surface area contributed by atoms with E-state index in [0.717, 1.165) is 28.5 Å². The zero-order valence-corrected chi connectivity index (χ0v) is 12.4. The highest BCUT2D eigenvalue weighted by molar-refractivity contribution is 6.30. The summed E-state index contributed by atoms with van der Waals surface area (Å²) in [5.41, 5.74) is 5.76. The number of hydrogen-bond acceptors (Lipinski definition) is 1. The summed E-state index contributed by atoms with van der Waals surface area (Å²) in [6.45, 7) is 4.17. The van der Waals surface area contributed by atoms with Crippen molar-refractivity contribution in [2.45, 2.75) is 20.3 Å². The number of halogens is 1. The second kappa shape index (κ2) is 5.26. The van der Waals surface area contributed by atoms with E-state index in [-0.39, 0.29) is 0 Å². The average Bonchev–Trinajstić information content (AvgIpc) is 2.41. The molecule has 1 heterocycles. The summed E-state index contributed by atoms with van der Waals surface area (Å²) in [6.07, 6.45) is 0.817. The molecule has 0 aliphatic carbocycles. The molecule has 2 heteroatoms. The molecule has 2 aromatic carbocycles. The molecule has 0 radical (unpaired) electrons. The van der Waals surface area contributed by atoms with Crippen molar-refractivity contribution in [2.75, 3.05) is 0 Å². The topological polar surface area (TPSA) is 12.9 Å². The number of nitrogens with zero attached hydrogens (tertiary/aromatic N) is 1. The van der Waals surface area contributed by atoms with Gasteiger partial charge in [-0.25, -0.2) is 4.98 Å². The molecule has 0 spiro atoms. The zero-order chi connectivity index (χ0) is 14.1. The van der Waals surface area contributed by atoms with Crippen LogP contribution in [0.2, 0.25) is 5.15 Å². The number of para-hydroxylation sites is 1. The minimum Gasteiger partial charge on any atom is -0.236 e. The van der Waals surface area contributed by atoms with Crippen LogP contribution in [0.1, 0.15) is 22.3 Å². The van der Waals surface area contributed by atoms with Gasteiger partial charge in [0.15, 0.2) is 0 Å². The predicted molar refractivity (Wildman–Crippen MR) is 85.5 cm³/mol. The van der Waals surface area contributed by atoms with Crippen LogP contribution >= 0.6 is 11.6 Å². The summed E-state index contributed by atoms with van der Waals surface area (Å²) >= 11 is 6.35. The largest absolute Gasteiger partial charge is 0.236 e. The molecule has 3 rings (SSSR count). The summed E-state index contributed by atoms with van der Waals surface area (Å²) in [4.78, 5) is 4.56. The molecule has 0 unspecified atom stereocenters.